The van der Waals surface area contributed by atoms with Crippen molar-refractivity contribution in [1.82, 2.24) is 15.2 Å². The first-order valence-corrected chi connectivity index (χ1v) is 24.0. The molecule has 332 valence electrons. The number of hydrogen-bond acceptors (Lipinski definition) is 8. The molecule has 2 atom stereocenters. The fraction of sp³-hybridized carbons (Fsp3) is 0.565. The van der Waals surface area contributed by atoms with Gasteiger partial charge in [-0.25, -0.2) is 14.2 Å². The Balaban J connectivity index is 1.81. The summed E-state index contributed by atoms with van der Waals surface area (Å²) in [6.07, 6.45) is 0.728. The van der Waals surface area contributed by atoms with Crippen molar-refractivity contribution >= 4 is 31.9 Å². The van der Waals surface area contributed by atoms with E-state index in [4.69, 9.17) is 24.4 Å². The van der Waals surface area contributed by atoms with Gasteiger partial charge in [-0.1, -0.05) is 58.8 Å². The molecule has 1 aliphatic rings. The lowest BCUT2D eigenvalue weighted by Crippen LogP contribution is -2.56. The van der Waals surface area contributed by atoms with Gasteiger partial charge in [-0.3, -0.25) is 14.5 Å². The second-order valence-corrected chi connectivity index (χ2v) is 24.0. The number of amides is 3. The maximum Gasteiger partial charge on any atom is 0.410 e. The molecule has 2 heterocycles. The number of fused-ring (bicyclic) bond motifs is 1. The highest BCUT2D eigenvalue weighted by Crippen LogP contribution is 2.45. The number of carbonyl (C=O) groups excluding carboxylic acids is 3. The van der Waals surface area contributed by atoms with Crippen LogP contribution in [0.3, 0.4) is 0 Å². The summed E-state index contributed by atoms with van der Waals surface area (Å²) in [6.45, 7) is 26.8. The van der Waals surface area contributed by atoms with Gasteiger partial charge in [-0.15, -0.1) is 0 Å². The van der Waals surface area contributed by atoms with Crippen LogP contribution in [0.4, 0.5) is 14.9 Å². The predicted molar refractivity (Wildman–Crippen MR) is 240 cm³/mol. The molecule has 2 aromatic carbocycles. The van der Waals surface area contributed by atoms with Crippen LogP contribution in [-0.2, 0) is 32.6 Å². The zero-order valence-electron chi connectivity index (χ0n) is 38.7. The summed E-state index contributed by atoms with van der Waals surface area (Å²) in [4.78, 5) is 53.7. The van der Waals surface area contributed by atoms with Gasteiger partial charge in [0.05, 0.1) is 18.0 Å². The topological polar surface area (TPSA) is 159 Å². The van der Waals surface area contributed by atoms with Crippen molar-refractivity contribution in [2.24, 2.45) is 5.11 Å². The van der Waals surface area contributed by atoms with Crippen molar-refractivity contribution < 1.29 is 32.7 Å². The van der Waals surface area contributed by atoms with Crippen molar-refractivity contribution in [2.45, 2.75) is 143 Å². The highest BCUT2D eigenvalue weighted by molar-refractivity contribution is 6.74. The van der Waals surface area contributed by atoms with E-state index in [1.807, 2.05) is 45.9 Å². The number of anilines is 1. The number of aryl methyl sites for hydroxylation is 2. The molecule has 0 saturated carbocycles. The van der Waals surface area contributed by atoms with Gasteiger partial charge in [0.2, 0.25) is 17.7 Å². The summed E-state index contributed by atoms with van der Waals surface area (Å²) in [5, 5.41) is 6.51. The Morgan fingerprint density at radius 1 is 1.07 bits per heavy atom. The number of hydrogen-bond donors (Lipinski definition) is 1. The third-order valence-corrected chi connectivity index (χ3v) is 15.8. The summed E-state index contributed by atoms with van der Waals surface area (Å²) < 4.78 is 32.5. The Kier molecular flexibility index (Phi) is 15.3. The van der Waals surface area contributed by atoms with Crippen molar-refractivity contribution in [2.75, 3.05) is 31.6 Å². The van der Waals surface area contributed by atoms with Gasteiger partial charge >= 0.3 is 6.09 Å². The molecule has 0 saturated heterocycles. The quantitative estimate of drug-likeness (QED) is 0.0494. The summed E-state index contributed by atoms with van der Waals surface area (Å²) >= 11 is 0. The Hall–Kier alpha value is -5.14. The predicted octanol–water partition coefficient (Wildman–Crippen LogP) is 9.89. The van der Waals surface area contributed by atoms with Gasteiger partial charge in [0.15, 0.2) is 0 Å². The maximum absolute atomic E-state index is 15.3. The molecule has 1 aromatic heterocycles. The Labute approximate surface area is 362 Å². The van der Waals surface area contributed by atoms with Crippen molar-refractivity contribution in [3.05, 3.63) is 92.2 Å². The standard InChI is InChI=1S/C46H66FN7O6Si/c1-15-37(53(12)43(57)59-44(4,5)6)40(55)50-36(27-35-29(2)23-34(24-30(35)3)58-22-16-21-49-52-48)42(56)54-28-46(10,11)39-38(54)26-32(25-31-17-19-33(47)20-18-31)41(51-39)60-61(13,14)45(7,8)9/h17-20,23-24,26,36-37H,15-16,21-22,25,27-28H2,1-14H3,(H,50,55)/t36-,37-/m0/s1. The summed E-state index contributed by atoms with van der Waals surface area (Å²) in [7, 11) is -0.865. The fourth-order valence-electron chi connectivity index (χ4n) is 7.10. The molecule has 0 aliphatic carbocycles. The molecule has 3 amide bonds. The average molecular weight is 860 g/mol. The molecule has 15 heteroatoms. The third kappa shape index (κ3) is 12.2. The number of aromatic nitrogens is 1. The van der Waals surface area contributed by atoms with Crippen LogP contribution in [0.2, 0.25) is 18.1 Å². The van der Waals surface area contributed by atoms with Crippen molar-refractivity contribution in [1.29, 1.82) is 0 Å². The van der Waals surface area contributed by atoms with Crippen LogP contribution in [-0.4, -0.2) is 80.5 Å². The lowest BCUT2D eigenvalue weighted by molar-refractivity contribution is -0.130. The molecule has 0 fully saturated rings. The highest BCUT2D eigenvalue weighted by atomic mass is 28.4. The van der Waals surface area contributed by atoms with Gasteiger partial charge < -0.3 is 24.1 Å². The Morgan fingerprint density at radius 3 is 2.25 bits per heavy atom. The van der Waals surface area contributed by atoms with Crippen molar-refractivity contribution in [3.63, 3.8) is 0 Å². The zero-order chi connectivity index (χ0) is 45.7. The maximum atomic E-state index is 15.3. The number of ether oxygens (including phenoxy) is 2. The van der Waals surface area contributed by atoms with Gasteiger partial charge in [0.1, 0.15) is 29.3 Å². The lowest BCUT2D eigenvalue weighted by atomic mass is 9.90. The number of rotatable bonds is 16. The Morgan fingerprint density at radius 2 is 1.69 bits per heavy atom. The van der Waals surface area contributed by atoms with Crippen LogP contribution >= 0.6 is 0 Å². The number of azide groups is 1. The minimum Gasteiger partial charge on any atom is -0.530 e. The van der Waals surface area contributed by atoms with E-state index in [1.54, 1.807) is 44.7 Å². The van der Waals surface area contributed by atoms with E-state index >= 15 is 4.79 Å². The normalized spacial score (nSPS) is 14.6. The molecule has 0 unspecified atom stereocenters. The molecule has 0 spiro atoms. The minimum absolute atomic E-state index is 0.120. The number of pyridine rings is 1. The van der Waals surface area contributed by atoms with Gasteiger partial charge in [-0.05, 0) is 124 Å². The summed E-state index contributed by atoms with van der Waals surface area (Å²) in [5.41, 5.74) is 12.8. The van der Waals surface area contributed by atoms with Crippen LogP contribution < -0.4 is 19.4 Å². The van der Waals surface area contributed by atoms with Crippen LogP contribution in [0.1, 0.15) is 109 Å². The molecule has 1 aliphatic heterocycles. The molecule has 3 aromatic rings. The van der Waals surface area contributed by atoms with Gasteiger partial charge in [-0.2, -0.15) is 0 Å². The number of likely N-dealkylation sites (N-methyl/N-ethyl adjacent to an activating group) is 1. The average Bonchev–Trinajstić information content (AvgIpc) is 3.40. The number of halogens is 1. The van der Waals surface area contributed by atoms with Crippen LogP contribution in [0.25, 0.3) is 10.4 Å². The molecule has 61 heavy (non-hydrogen) atoms. The first-order chi connectivity index (χ1) is 28.3. The third-order valence-electron chi connectivity index (χ3n) is 11.5. The highest BCUT2D eigenvalue weighted by Gasteiger charge is 2.45. The summed E-state index contributed by atoms with van der Waals surface area (Å²) in [6, 6.07) is 10.1. The van der Waals surface area contributed by atoms with E-state index in [-0.39, 0.29) is 36.1 Å². The van der Waals surface area contributed by atoms with E-state index in [0.717, 1.165) is 27.8 Å². The zero-order valence-corrected chi connectivity index (χ0v) is 39.7. The van der Waals surface area contributed by atoms with Crippen LogP contribution in [0, 0.1) is 19.7 Å². The first kappa shape index (κ1) is 48.5. The minimum atomic E-state index is -2.39. The summed E-state index contributed by atoms with van der Waals surface area (Å²) in [5.74, 6) is -0.0136. The first-order valence-electron chi connectivity index (χ1n) is 21.1. The number of benzene rings is 2. The van der Waals surface area contributed by atoms with Crippen molar-refractivity contribution in [3.8, 4) is 11.6 Å². The van der Waals surface area contributed by atoms with E-state index in [2.05, 4.69) is 49.2 Å². The monoisotopic (exact) mass is 859 g/mol. The van der Waals surface area contributed by atoms with Crippen LogP contribution in [0.5, 0.6) is 11.6 Å². The van der Waals surface area contributed by atoms with E-state index in [0.29, 0.717) is 49.0 Å². The van der Waals surface area contributed by atoms with E-state index < -0.39 is 43.4 Å². The molecular weight excluding hydrogens is 794 g/mol. The lowest BCUT2D eigenvalue weighted by Gasteiger charge is -2.36. The number of nitrogens with zero attached hydrogens (tertiary/aromatic N) is 6. The molecule has 0 radical (unpaired) electrons. The Bertz CT molecular complexity index is 2100. The largest absolute Gasteiger partial charge is 0.530 e. The molecule has 0 bridgehead atoms. The number of carbonyl (C=O) groups is 3. The SMILES string of the molecule is CC[C@@H](C(=O)N[C@@H](Cc1c(C)cc(OCCCN=[N+]=[N-])cc1C)C(=O)N1CC(C)(C)c2nc(O[Si](C)(C)C(C)(C)C)c(Cc3ccc(F)cc3)cc21)N(C)C(=O)OC(C)(C)C. The smallest absolute Gasteiger partial charge is 0.410 e. The molecular formula is C46H66FN7O6Si. The van der Waals surface area contributed by atoms with Gasteiger partial charge in [0.25, 0.3) is 8.32 Å². The van der Waals surface area contributed by atoms with E-state index in [1.165, 1.54) is 24.1 Å². The molecule has 13 nitrogen and oxygen atoms in total. The van der Waals surface area contributed by atoms with E-state index in [9.17, 15) is 14.0 Å². The number of nitrogens with one attached hydrogen (secondary N) is 1. The molecule has 1 N–H and O–H groups in total. The van der Waals surface area contributed by atoms with Crippen LogP contribution in [0.15, 0.2) is 47.6 Å². The second-order valence-electron chi connectivity index (χ2n) is 19.3. The molecule has 4 rings (SSSR count). The second kappa shape index (κ2) is 19.3. The van der Waals surface area contributed by atoms with Gasteiger partial charge in [0, 0.05) is 48.9 Å². The fourth-order valence-corrected chi connectivity index (χ4v) is 8.07.